The fourth-order valence-corrected chi connectivity index (χ4v) is 6.38. The molecule has 3 aromatic rings. The highest BCUT2D eigenvalue weighted by molar-refractivity contribution is 9.10. The van der Waals surface area contributed by atoms with Crippen LogP contribution < -0.4 is 16.0 Å². The predicted molar refractivity (Wildman–Crippen MR) is 219 cm³/mol. The summed E-state index contributed by atoms with van der Waals surface area (Å²) in [6.45, 7) is 21.3. The molecule has 2 aliphatic heterocycles. The number of anilines is 4. The molecule has 58 heavy (non-hydrogen) atoms. The average molecular weight is 870 g/mol. The van der Waals surface area contributed by atoms with Crippen LogP contribution in [0.2, 0.25) is 0 Å². The Balaban J connectivity index is 0.000000267. The smallest absolute Gasteiger partial charge is 0.410 e. The molecule has 21 heteroatoms. The molecule has 2 saturated heterocycles. The SMILES string of the molecule is CC(C)(C)OC(=O)N1CCCC(CNc2cc(Br)ncc2[N+](=O)[O-])C1.[C-]#[N+]c1cnc(Nc2cc(NCC3CCCN(C(=O)OC(C)(C)C)C3)c([N+](=O)[O-])cn2)cn1. The van der Waals surface area contributed by atoms with Gasteiger partial charge in [-0.1, -0.05) is 6.57 Å². The van der Waals surface area contributed by atoms with Gasteiger partial charge in [0.2, 0.25) is 0 Å². The maximum Gasteiger partial charge on any atom is 0.410 e. The summed E-state index contributed by atoms with van der Waals surface area (Å²) in [5.74, 6) is 1.17. The van der Waals surface area contributed by atoms with Crippen LogP contribution in [0.15, 0.2) is 41.5 Å². The van der Waals surface area contributed by atoms with Gasteiger partial charge in [-0.25, -0.2) is 24.5 Å². The van der Waals surface area contributed by atoms with E-state index < -0.39 is 21.0 Å². The largest absolute Gasteiger partial charge is 0.444 e. The highest BCUT2D eigenvalue weighted by Crippen LogP contribution is 2.30. The molecule has 0 aromatic carbocycles. The van der Waals surface area contributed by atoms with Gasteiger partial charge in [0.15, 0.2) is 12.0 Å². The van der Waals surface area contributed by atoms with E-state index in [-0.39, 0.29) is 41.2 Å². The first kappa shape index (κ1) is 44.8. The average Bonchev–Trinajstić information content (AvgIpc) is 3.15. The molecule has 2 unspecified atom stereocenters. The summed E-state index contributed by atoms with van der Waals surface area (Å²) < 4.78 is 11.4. The summed E-state index contributed by atoms with van der Waals surface area (Å²) in [7, 11) is 0. The van der Waals surface area contributed by atoms with Crippen LogP contribution in [0.3, 0.4) is 0 Å². The first-order chi connectivity index (χ1) is 27.3. The molecule has 5 rings (SSSR count). The van der Waals surface area contributed by atoms with Crippen LogP contribution in [0.4, 0.5) is 49.8 Å². The maximum absolute atomic E-state index is 12.4. The molecule has 3 aromatic heterocycles. The Labute approximate surface area is 344 Å². The minimum Gasteiger partial charge on any atom is -0.444 e. The molecule has 0 aliphatic carbocycles. The lowest BCUT2D eigenvalue weighted by molar-refractivity contribution is -0.384. The first-order valence-electron chi connectivity index (χ1n) is 18.6. The Morgan fingerprint density at radius 1 is 0.793 bits per heavy atom. The monoisotopic (exact) mass is 868 g/mol. The van der Waals surface area contributed by atoms with Crippen LogP contribution in [0.1, 0.15) is 67.2 Å². The van der Waals surface area contributed by atoms with Gasteiger partial charge >= 0.3 is 23.6 Å². The fraction of sp³-hybridized carbons (Fsp3) is 0.541. The Bertz CT molecular complexity index is 1970. The van der Waals surface area contributed by atoms with Crippen molar-refractivity contribution in [1.29, 1.82) is 0 Å². The minimum atomic E-state index is -0.565. The van der Waals surface area contributed by atoms with Gasteiger partial charge in [0.25, 0.3) is 5.82 Å². The number of pyridine rings is 2. The van der Waals surface area contributed by atoms with Crippen molar-refractivity contribution in [3.8, 4) is 0 Å². The summed E-state index contributed by atoms with van der Waals surface area (Å²) in [4.78, 5) is 68.7. The van der Waals surface area contributed by atoms with Gasteiger partial charge in [-0.2, -0.15) is 0 Å². The number of likely N-dealkylation sites (tertiary alicyclic amines) is 2. The van der Waals surface area contributed by atoms with E-state index in [0.29, 0.717) is 66.9 Å². The molecular formula is C37H49BrN12O8. The molecule has 2 atom stereocenters. The predicted octanol–water partition coefficient (Wildman–Crippen LogP) is 7.94. The topological polar surface area (TPSA) is 237 Å². The number of nitrogens with zero attached hydrogens (tertiary/aromatic N) is 9. The van der Waals surface area contributed by atoms with Gasteiger partial charge in [0.05, 0.1) is 16.0 Å². The van der Waals surface area contributed by atoms with Crippen molar-refractivity contribution in [2.45, 2.75) is 78.4 Å². The molecule has 2 aliphatic rings. The van der Waals surface area contributed by atoms with E-state index in [1.165, 1.54) is 30.9 Å². The third kappa shape index (κ3) is 14.2. The van der Waals surface area contributed by atoms with E-state index in [9.17, 15) is 29.8 Å². The summed E-state index contributed by atoms with van der Waals surface area (Å²) >= 11 is 3.22. The van der Waals surface area contributed by atoms with Gasteiger partial charge < -0.3 is 40.1 Å². The number of aromatic nitrogens is 4. The van der Waals surface area contributed by atoms with Crippen molar-refractivity contribution < 1.29 is 28.9 Å². The van der Waals surface area contributed by atoms with Gasteiger partial charge in [-0.05, 0) is 95.0 Å². The van der Waals surface area contributed by atoms with E-state index in [4.69, 9.17) is 16.0 Å². The zero-order valence-corrected chi connectivity index (χ0v) is 34.9. The maximum atomic E-state index is 12.4. The van der Waals surface area contributed by atoms with Crippen LogP contribution in [0.5, 0.6) is 0 Å². The van der Waals surface area contributed by atoms with Gasteiger partial charge in [0.1, 0.15) is 45.4 Å². The number of carbonyl (C=O) groups excluding carboxylic acids is 2. The number of nitrogens with one attached hydrogen (secondary N) is 3. The van der Waals surface area contributed by atoms with Crippen LogP contribution in [0.25, 0.3) is 4.85 Å². The van der Waals surface area contributed by atoms with Crippen molar-refractivity contribution in [1.82, 2.24) is 29.7 Å². The number of piperidine rings is 2. The highest BCUT2D eigenvalue weighted by atomic mass is 79.9. The van der Waals surface area contributed by atoms with Crippen molar-refractivity contribution >= 4 is 68.3 Å². The Morgan fingerprint density at radius 2 is 1.28 bits per heavy atom. The van der Waals surface area contributed by atoms with Crippen molar-refractivity contribution in [2.75, 3.05) is 55.2 Å². The first-order valence-corrected chi connectivity index (χ1v) is 19.4. The molecule has 20 nitrogen and oxygen atoms in total. The van der Waals surface area contributed by atoms with E-state index in [0.717, 1.165) is 25.7 Å². The molecular weight excluding hydrogens is 820 g/mol. The van der Waals surface area contributed by atoms with E-state index in [2.05, 4.69) is 56.7 Å². The Kier molecular flexibility index (Phi) is 15.4. The molecule has 5 heterocycles. The van der Waals surface area contributed by atoms with E-state index in [1.807, 2.05) is 41.5 Å². The van der Waals surface area contributed by atoms with Crippen molar-refractivity contribution in [2.24, 2.45) is 11.8 Å². The molecule has 2 amide bonds. The Hall–Kier alpha value is -5.91. The lowest BCUT2D eigenvalue weighted by atomic mass is 9.98. The lowest BCUT2D eigenvalue weighted by Crippen LogP contribution is -2.44. The number of halogens is 1. The van der Waals surface area contributed by atoms with E-state index in [1.54, 1.807) is 15.9 Å². The summed E-state index contributed by atoms with van der Waals surface area (Å²) in [6, 6.07) is 3.11. The summed E-state index contributed by atoms with van der Waals surface area (Å²) in [6.07, 6.45) is 7.99. The third-order valence-electron chi connectivity index (χ3n) is 8.64. The van der Waals surface area contributed by atoms with Gasteiger partial charge in [-0.15, -0.1) is 4.98 Å². The highest BCUT2D eigenvalue weighted by Gasteiger charge is 2.30. The Morgan fingerprint density at radius 3 is 1.72 bits per heavy atom. The van der Waals surface area contributed by atoms with Crippen LogP contribution >= 0.6 is 15.9 Å². The second-order valence-electron chi connectivity index (χ2n) is 15.8. The molecule has 0 radical (unpaired) electrons. The van der Waals surface area contributed by atoms with E-state index >= 15 is 0 Å². The van der Waals surface area contributed by atoms with Crippen LogP contribution in [-0.4, -0.2) is 102 Å². The molecule has 3 N–H and O–H groups in total. The van der Waals surface area contributed by atoms with Gasteiger partial charge in [-0.3, -0.25) is 20.2 Å². The van der Waals surface area contributed by atoms with Crippen LogP contribution in [-0.2, 0) is 9.47 Å². The quantitative estimate of drug-likeness (QED) is 0.0759. The van der Waals surface area contributed by atoms with Crippen molar-refractivity contribution in [3.05, 3.63) is 73.2 Å². The number of nitro groups is 2. The normalized spacial score (nSPS) is 16.8. The van der Waals surface area contributed by atoms with Crippen molar-refractivity contribution in [3.63, 3.8) is 0 Å². The second kappa shape index (κ2) is 20.0. The molecule has 0 bridgehead atoms. The number of hydrogen-bond acceptors (Lipinski definition) is 15. The molecule has 2 fully saturated rings. The number of carbonyl (C=O) groups is 2. The summed E-state index contributed by atoms with van der Waals surface area (Å²) in [5.41, 5.74) is -0.590. The zero-order chi connectivity index (χ0) is 42.6. The fourth-order valence-electron chi connectivity index (χ4n) is 6.04. The third-order valence-corrected chi connectivity index (χ3v) is 9.07. The molecule has 0 spiro atoms. The molecule has 0 saturated carbocycles. The number of amides is 2. The second-order valence-corrected chi connectivity index (χ2v) is 16.6. The lowest BCUT2D eigenvalue weighted by Gasteiger charge is -2.34. The number of ether oxygens (including phenoxy) is 2. The van der Waals surface area contributed by atoms with Gasteiger partial charge in [0, 0.05) is 51.4 Å². The molecule has 312 valence electrons. The number of rotatable bonds is 10. The standard InChI is InChI=1S/C21H26N8O4.C16H23BrN4O4/c1-21(2,3)33-20(30)28-7-5-6-14(13-28)9-23-15-8-17(24-10-16(15)29(31)32)27-19-12-25-18(22-4)11-26-19;1-16(2,3)25-15(22)20-6-4-5-11(10-20)8-18-12-7-14(17)19-9-13(12)21(23)24/h8,10-12,14H,5-7,9,13H2,1-3H3,(H2,23,24,26,27);7,9,11H,4-6,8,10H2,1-3H3,(H,18,19). The number of hydrogen-bond donors (Lipinski definition) is 3. The summed E-state index contributed by atoms with van der Waals surface area (Å²) in [5, 5.41) is 31.8. The van der Waals surface area contributed by atoms with Crippen LogP contribution in [0, 0.1) is 38.6 Å². The zero-order valence-electron chi connectivity index (χ0n) is 33.4. The minimum absolute atomic E-state index is 0.0667.